The minimum atomic E-state index is -0.446. The second-order valence-corrected chi connectivity index (χ2v) is 6.17. The summed E-state index contributed by atoms with van der Waals surface area (Å²) in [5.74, 6) is 0. The maximum Gasteiger partial charge on any atom is 0.285 e. The summed E-state index contributed by atoms with van der Waals surface area (Å²) >= 11 is 5.87. The van der Waals surface area contributed by atoms with Crippen LogP contribution >= 0.6 is 11.6 Å². The van der Waals surface area contributed by atoms with Gasteiger partial charge in [0.15, 0.2) is 0 Å². The van der Waals surface area contributed by atoms with Crippen molar-refractivity contribution in [2.24, 2.45) is 5.10 Å². The van der Waals surface area contributed by atoms with E-state index in [4.69, 9.17) is 11.6 Å². The van der Waals surface area contributed by atoms with Crippen LogP contribution in [-0.2, 0) is 0 Å². The van der Waals surface area contributed by atoms with E-state index in [2.05, 4.69) is 37.8 Å². The topological polar surface area (TPSA) is 73.4 Å². The zero-order valence-electron chi connectivity index (χ0n) is 13.3. The van der Waals surface area contributed by atoms with Crippen molar-refractivity contribution < 1.29 is 0 Å². The maximum atomic E-state index is 11.3. The molecule has 2 N–H and O–H groups in total. The fourth-order valence-electron chi connectivity index (χ4n) is 2.74. The number of H-pyrrole nitrogens is 1. The van der Waals surface area contributed by atoms with Crippen LogP contribution in [0.4, 0.5) is 11.4 Å². The van der Waals surface area contributed by atoms with Crippen molar-refractivity contribution >= 4 is 29.2 Å². The summed E-state index contributed by atoms with van der Waals surface area (Å²) in [6, 6.07) is 8.30. The standard InChI is InChI=1S/C17H20ClN5O/c18-16-15(12-20-22-17(16)24)21-19-11-13-5-7-14(8-6-13)23-9-3-1-2-4-10-23/h5-8,11-12H,1-4,9-10H2,(H2,21,22,24)/b19-11-. The minimum absolute atomic E-state index is 0.0404. The number of aromatic amines is 1. The molecule has 0 atom stereocenters. The molecule has 3 rings (SSSR count). The molecule has 6 nitrogen and oxygen atoms in total. The summed E-state index contributed by atoms with van der Waals surface area (Å²) in [6.45, 7) is 2.26. The number of nitrogens with one attached hydrogen (secondary N) is 2. The third kappa shape index (κ3) is 4.14. The van der Waals surface area contributed by atoms with Crippen LogP contribution in [0.2, 0.25) is 5.02 Å². The summed E-state index contributed by atoms with van der Waals surface area (Å²) in [6.07, 6.45) is 8.28. The SMILES string of the molecule is O=c1[nH]ncc(N/N=C\c2ccc(N3CCCCCC3)cc2)c1Cl. The van der Waals surface area contributed by atoms with Gasteiger partial charge in [-0.25, -0.2) is 5.10 Å². The smallest absolute Gasteiger partial charge is 0.285 e. The van der Waals surface area contributed by atoms with Crippen LogP contribution in [0.5, 0.6) is 0 Å². The van der Waals surface area contributed by atoms with Crippen molar-refractivity contribution in [3.05, 3.63) is 51.4 Å². The summed E-state index contributed by atoms with van der Waals surface area (Å²) in [7, 11) is 0. The van der Waals surface area contributed by atoms with E-state index in [0.29, 0.717) is 5.69 Å². The number of halogens is 1. The van der Waals surface area contributed by atoms with Gasteiger partial charge in [-0.1, -0.05) is 36.6 Å². The highest BCUT2D eigenvalue weighted by Gasteiger charge is 2.09. The monoisotopic (exact) mass is 345 g/mol. The zero-order valence-corrected chi connectivity index (χ0v) is 14.1. The highest BCUT2D eigenvalue weighted by atomic mass is 35.5. The van der Waals surface area contributed by atoms with Gasteiger partial charge in [0.05, 0.1) is 12.4 Å². The van der Waals surface area contributed by atoms with Gasteiger partial charge >= 0.3 is 0 Å². The molecule has 0 unspecified atom stereocenters. The molecule has 1 saturated heterocycles. The summed E-state index contributed by atoms with van der Waals surface area (Å²) in [5.41, 5.74) is 4.88. The molecule has 0 spiro atoms. The van der Waals surface area contributed by atoms with Crippen molar-refractivity contribution in [1.82, 2.24) is 10.2 Å². The Bertz CT molecular complexity index is 748. The molecule has 2 aromatic rings. The lowest BCUT2D eigenvalue weighted by atomic mass is 10.2. The van der Waals surface area contributed by atoms with E-state index >= 15 is 0 Å². The highest BCUT2D eigenvalue weighted by Crippen LogP contribution is 2.19. The number of anilines is 2. The normalized spacial score (nSPS) is 15.5. The summed E-state index contributed by atoms with van der Waals surface area (Å²) in [4.78, 5) is 13.8. The van der Waals surface area contributed by atoms with E-state index in [-0.39, 0.29) is 5.02 Å². The van der Waals surface area contributed by atoms with Gasteiger partial charge in [0.1, 0.15) is 10.7 Å². The second kappa shape index (κ2) is 7.97. The summed E-state index contributed by atoms with van der Waals surface area (Å²) < 4.78 is 0. The van der Waals surface area contributed by atoms with Crippen LogP contribution in [0, 0.1) is 0 Å². The number of rotatable bonds is 4. The van der Waals surface area contributed by atoms with Crippen molar-refractivity contribution in [3.63, 3.8) is 0 Å². The van der Waals surface area contributed by atoms with E-state index in [1.165, 1.54) is 37.6 Å². The van der Waals surface area contributed by atoms with Gasteiger partial charge in [0.25, 0.3) is 5.56 Å². The van der Waals surface area contributed by atoms with Gasteiger partial charge in [-0.15, -0.1) is 0 Å². The Hall–Kier alpha value is -2.34. The van der Waals surface area contributed by atoms with E-state index in [1.54, 1.807) is 6.21 Å². The quantitative estimate of drug-likeness (QED) is 0.659. The molecule has 0 amide bonds. The average molecular weight is 346 g/mol. The fourth-order valence-corrected chi connectivity index (χ4v) is 2.87. The summed E-state index contributed by atoms with van der Waals surface area (Å²) in [5, 5.41) is 10.1. The minimum Gasteiger partial charge on any atom is -0.372 e. The Morgan fingerprint density at radius 2 is 1.88 bits per heavy atom. The number of aromatic nitrogens is 2. The third-order valence-electron chi connectivity index (χ3n) is 4.06. The lowest BCUT2D eigenvalue weighted by Gasteiger charge is -2.22. The van der Waals surface area contributed by atoms with Gasteiger partial charge in [0, 0.05) is 18.8 Å². The molecule has 7 heteroatoms. The van der Waals surface area contributed by atoms with Gasteiger partial charge in [-0.3, -0.25) is 10.2 Å². The highest BCUT2D eigenvalue weighted by molar-refractivity contribution is 6.32. The molecule has 0 radical (unpaired) electrons. The molecule has 24 heavy (non-hydrogen) atoms. The lowest BCUT2D eigenvalue weighted by Crippen LogP contribution is -2.23. The second-order valence-electron chi connectivity index (χ2n) is 5.79. The van der Waals surface area contributed by atoms with Crippen molar-refractivity contribution in [2.75, 3.05) is 23.4 Å². The fraction of sp³-hybridized carbons (Fsp3) is 0.353. The molecule has 1 aliphatic heterocycles. The molecule has 0 saturated carbocycles. The van der Waals surface area contributed by atoms with E-state index in [0.717, 1.165) is 18.7 Å². The zero-order chi connectivity index (χ0) is 16.8. The van der Waals surface area contributed by atoms with E-state index in [1.807, 2.05) is 12.1 Å². The van der Waals surface area contributed by atoms with Crippen molar-refractivity contribution in [3.8, 4) is 0 Å². The van der Waals surface area contributed by atoms with Crippen molar-refractivity contribution in [2.45, 2.75) is 25.7 Å². The average Bonchev–Trinajstić information content (AvgIpc) is 2.89. The molecule has 1 aromatic heterocycles. The van der Waals surface area contributed by atoms with E-state index < -0.39 is 5.56 Å². The largest absolute Gasteiger partial charge is 0.372 e. The number of hydrogen-bond donors (Lipinski definition) is 2. The van der Waals surface area contributed by atoms with Gasteiger partial charge < -0.3 is 4.90 Å². The number of benzene rings is 1. The Morgan fingerprint density at radius 3 is 2.58 bits per heavy atom. The van der Waals surface area contributed by atoms with Gasteiger partial charge in [-0.05, 0) is 30.5 Å². The first-order chi connectivity index (χ1) is 11.7. The first kappa shape index (κ1) is 16.5. The Morgan fingerprint density at radius 1 is 1.17 bits per heavy atom. The maximum absolute atomic E-state index is 11.3. The van der Waals surface area contributed by atoms with Crippen LogP contribution in [0.1, 0.15) is 31.2 Å². The Labute approximate surface area is 145 Å². The molecule has 1 fully saturated rings. The molecule has 126 valence electrons. The number of nitrogens with zero attached hydrogens (tertiary/aromatic N) is 3. The first-order valence-electron chi connectivity index (χ1n) is 8.11. The van der Waals surface area contributed by atoms with Gasteiger partial charge in [0.2, 0.25) is 0 Å². The molecule has 1 aliphatic rings. The van der Waals surface area contributed by atoms with Crippen molar-refractivity contribution in [1.29, 1.82) is 0 Å². The van der Waals surface area contributed by atoms with Gasteiger partial charge in [-0.2, -0.15) is 10.2 Å². The molecular formula is C17H20ClN5O. The number of hydrazone groups is 1. The predicted molar refractivity (Wildman–Crippen MR) is 98.2 cm³/mol. The molecule has 1 aromatic carbocycles. The molecule has 2 heterocycles. The molecular weight excluding hydrogens is 326 g/mol. The molecule has 0 bridgehead atoms. The first-order valence-corrected chi connectivity index (χ1v) is 8.49. The third-order valence-corrected chi connectivity index (χ3v) is 4.43. The van der Waals surface area contributed by atoms with Crippen LogP contribution in [0.3, 0.4) is 0 Å². The predicted octanol–water partition coefficient (Wildman–Crippen LogP) is 3.25. The Balaban J connectivity index is 1.63. The van der Waals surface area contributed by atoms with Crippen LogP contribution in [0.25, 0.3) is 0 Å². The van der Waals surface area contributed by atoms with Crippen LogP contribution in [-0.4, -0.2) is 29.5 Å². The van der Waals surface area contributed by atoms with Crippen LogP contribution < -0.4 is 15.9 Å². The number of hydrogen-bond acceptors (Lipinski definition) is 5. The van der Waals surface area contributed by atoms with Crippen LogP contribution in [0.15, 0.2) is 40.4 Å². The lowest BCUT2D eigenvalue weighted by molar-refractivity contribution is 0.726. The Kier molecular flexibility index (Phi) is 5.48. The van der Waals surface area contributed by atoms with E-state index in [9.17, 15) is 4.79 Å². The molecule has 0 aliphatic carbocycles.